The quantitative estimate of drug-likeness (QED) is 0.178. The van der Waals surface area contributed by atoms with Gasteiger partial charge in [0.2, 0.25) is 0 Å². The number of rotatable bonds is 5. The number of fused-ring (bicyclic) bond motifs is 8. The molecule has 0 saturated carbocycles. The highest BCUT2D eigenvalue weighted by molar-refractivity contribution is 7.26. The SMILES string of the molecule is c1ccc2cc(-c3ccc(N(c4ccc5sc6cccc(-c7cccc8ccccc78)c6c5c4)c4cccc5oc6ccccc6c45)cc3)ccc2c1. The van der Waals surface area contributed by atoms with Crippen LogP contribution in [-0.2, 0) is 0 Å². The number of benzene rings is 9. The van der Waals surface area contributed by atoms with Gasteiger partial charge in [-0.3, -0.25) is 0 Å². The molecule has 0 aliphatic heterocycles. The summed E-state index contributed by atoms with van der Waals surface area (Å²) in [5, 5.41) is 9.78. The van der Waals surface area contributed by atoms with Gasteiger partial charge in [0, 0.05) is 36.9 Å². The van der Waals surface area contributed by atoms with Crippen LogP contribution in [0.4, 0.5) is 17.1 Å². The van der Waals surface area contributed by atoms with Crippen molar-refractivity contribution in [2.24, 2.45) is 0 Å². The molecule has 11 aromatic rings. The van der Waals surface area contributed by atoms with Gasteiger partial charge in [-0.15, -0.1) is 11.3 Å². The average Bonchev–Trinajstić information content (AvgIpc) is 3.80. The Labute approximate surface area is 310 Å². The summed E-state index contributed by atoms with van der Waals surface area (Å²) in [6.45, 7) is 0. The lowest BCUT2D eigenvalue weighted by Crippen LogP contribution is -2.10. The molecule has 0 atom stereocenters. The van der Waals surface area contributed by atoms with E-state index in [0.29, 0.717) is 0 Å². The predicted molar refractivity (Wildman–Crippen MR) is 227 cm³/mol. The highest BCUT2D eigenvalue weighted by Crippen LogP contribution is 2.47. The van der Waals surface area contributed by atoms with E-state index in [1.807, 2.05) is 17.4 Å². The molecule has 9 aromatic carbocycles. The van der Waals surface area contributed by atoms with Gasteiger partial charge in [0.05, 0.1) is 11.1 Å². The Bertz CT molecular complexity index is 3180. The smallest absolute Gasteiger partial charge is 0.137 e. The van der Waals surface area contributed by atoms with Crippen molar-refractivity contribution >= 4 is 92.1 Å². The first-order valence-corrected chi connectivity index (χ1v) is 18.8. The van der Waals surface area contributed by atoms with Crippen LogP contribution in [0.25, 0.3) is 85.9 Å². The third-order valence-corrected chi connectivity index (χ3v) is 11.8. The van der Waals surface area contributed by atoms with Gasteiger partial charge in [0.1, 0.15) is 11.2 Å². The third kappa shape index (κ3) is 4.86. The molecular formula is C50H31NOS. The normalized spacial score (nSPS) is 11.8. The molecule has 3 heteroatoms. The fraction of sp³-hybridized carbons (Fsp3) is 0. The summed E-state index contributed by atoms with van der Waals surface area (Å²) < 4.78 is 8.98. The minimum atomic E-state index is 0.877. The standard InChI is InChI=1S/C50H31NOS/c1-2-12-35-30-36(23-22-32(35)10-1)33-24-26-37(27-25-33)51(44-18-9-20-46-50(44)42-15-5-6-19-45(42)52-46)38-28-29-47-43(31-38)49-41(17-8-21-48(49)53-47)40-16-7-13-34-11-3-4-14-39(34)40/h1-31H. The van der Waals surface area contributed by atoms with Crippen LogP contribution in [0.3, 0.4) is 0 Å². The average molecular weight is 694 g/mol. The molecule has 11 rings (SSSR count). The number of thiophene rings is 1. The summed E-state index contributed by atoms with van der Waals surface area (Å²) in [6.07, 6.45) is 0. The van der Waals surface area contributed by atoms with Crippen molar-refractivity contribution in [3.8, 4) is 22.3 Å². The summed E-state index contributed by atoms with van der Waals surface area (Å²) in [4.78, 5) is 2.40. The lowest BCUT2D eigenvalue weighted by atomic mass is 9.94. The van der Waals surface area contributed by atoms with Crippen LogP contribution in [0.5, 0.6) is 0 Å². The Morgan fingerprint density at radius 2 is 1.06 bits per heavy atom. The summed E-state index contributed by atoms with van der Waals surface area (Å²) in [7, 11) is 0. The monoisotopic (exact) mass is 693 g/mol. The molecule has 0 aliphatic rings. The van der Waals surface area contributed by atoms with Gasteiger partial charge in [-0.05, 0) is 104 Å². The Morgan fingerprint density at radius 3 is 1.96 bits per heavy atom. The molecule has 0 N–H and O–H groups in total. The molecule has 0 aliphatic carbocycles. The number of furan rings is 1. The van der Waals surface area contributed by atoms with Crippen molar-refractivity contribution in [2.45, 2.75) is 0 Å². The Kier molecular flexibility index (Phi) is 6.76. The van der Waals surface area contributed by atoms with Gasteiger partial charge < -0.3 is 9.32 Å². The zero-order valence-electron chi connectivity index (χ0n) is 28.7. The molecule has 2 heterocycles. The van der Waals surface area contributed by atoms with Crippen LogP contribution in [-0.4, -0.2) is 0 Å². The summed E-state index contributed by atoms with van der Waals surface area (Å²) in [5.74, 6) is 0. The van der Waals surface area contributed by atoms with Crippen LogP contribution >= 0.6 is 11.3 Å². The zero-order chi connectivity index (χ0) is 34.9. The van der Waals surface area contributed by atoms with Crippen molar-refractivity contribution in [1.82, 2.24) is 0 Å². The first kappa shape index (κ1) is 30.0. The van der Waals surface area contributed by atoms with Crippen LogP contribution in [0.2, 0.25) is 0 Å². The van der Waals surface area contributed by atoms with Gasteiger partial charge >= 0.3 is 0 Å². The molecule has 2 aromatic heterocycles. The van der Waals surface area contributed by atoms with Crippen molar-refractivity contribution in [3.05, 3.63) is 188 Å². The van der Waals surface area contributed by atoms with E-state index < -0.39 is 0 Å². The lowest BCUT2D eigenvalue weighted by molar-refractivity contribution is 0.669. The highest BCUT2D eigenvalue weighted by atomic mass is 32.1. The van der Waals surface area contributed by atoms with Gasteiger partial charge in [0.25, 0.3) is 0 Å². The third-order valence-electron chi connectivity index (χ3n) is 10.6. The zero-order valence-corrected chi connectivity index (χ0v) is 29.5. The van der Waals surface area contributed by atoms with Crippen LogP contribution in [0, 0.1) is 0 Å². The van der Waals surface area contributed by atoms with E-state index in [9.17, 15) is 0 Å². The fourth-order valence-electron chi connectivity index (χ4n) is 8.18. The molecule has 0 fully saturated rings. The molecule has 248 valence electrons. The van der Waals surface area contributed by atoms with Crippen LogP contribution < -0.4 is 4.90 Å². The summed E-state index contributed by atoms with van der Waals surface area (Å²) in [6, 6.07) is 68.0. The van der Waals surface area contributed by atoms with Gasteiger partial charge in [-0.2, -0.15) is 0 Å². The minimum absolute atomic E-state index is 0.877. The molecule has 0 bridgehead atoms. The van der Waals surface area contributed by atoms with Crippen molar-refractivity contribution in [2.75, 3.05) is 4.90 Å². The minimum Gasteiger partial charge on any atom is -0.456 e. The summed E-state index contributed by atoms with van der Waals surface area (Å²) in [5.41, 5.74) is 9.94. The maximum atomic E-state index is 6.42. The van der Waals surface area contributed by atoms with Crippen molar-refractivity contribution < 1.29 is 4.42 Å². The number of hydrogen-bond acceptors (Lipinski definition) is 3. The van der Waals surface area contributed by atoms with E-state index in [2.05, 4.69) is 187 Å². The number of hydrogen-bond donors (Lipinski definition) is 0. The van der Waals surface area contributed by atoms with E-state index in [1.165, 1.54) is 64.0 Å². The Hall–Kier alpha value is -6.68. The molecule has 0 amide bonds. The topological polar surface area (TPSA) is 16.4 Å². The van der Waals surface area contributed by atoms with Crippen molar-refractivity contribution in [1.29, 1.82) is 0 Å². The molecule has 2 nitrogen and oxygen atoms in total. The van der Waals surface area contributed by atoms with Gasteiger partial charge in [0.15, 0.2) is 0 Å². The lowest BCUT2D eigenvalue weighted by Gasteiger charge is -2.26. The first-order chi connectivity index (χ1) is 26.3. The van der Waals surface area contributed by atoms with Crippen LogP contribution in [0.1, 0.15) is 0 Å². The Morgan fingerprint density at radius 1 is 0.377 bits per heavy atom. The second-order valence-corrected chi connectivity index (χ2v) is 14.8. The first-order valence-electron chi connectivity index (χ1n) is 18.0. The molecule has 0 unspecified atom stereocenters. The van der Waals surface area contributed by atoms with Gasteiger partial charge in [-0.25, -0.2) is 0 Å². The highest BCUT2D eigenvalue weighted by Gasteiger charge is 2.21. The van der Waals surface area contributed by atoms with Crippen molar-refractivity contribution in [3.63, 3.8) is 0 Å². The molecule has 53 heavy (non-hydrogen) atoms. The molecule has 0 radical (unpaired) electrons. The number of para-hydroxylation sites is 1. The predicted octanol–water partition coefficient (Wildman–Crippen LogP) is 15.1. The number of nitrogens with zero attached hydrogens (tertiary/aromatic N) is 1. The number of anilines is 3. The van der Waals surface area contributed by atoms with E-state index in [-0.39, 0.29) is 0 Å². The van der Waals surface area contributed by atoms with Gasteiger partial charge in [-0.1, -0.05) is 127 Å². The molecule has 0 spiro atoms. The van der Waals surface area contributed by atoms with E-state index >= 15 is 0 Å². The fourth-order valence-corrected chi connectivity index (χ4v) is 9.29. The van der Waals surface area contributed by atoms with E-state index in [1.54, 1.807) is 0 Å². The largest absolute Gasteiger partial charge is 0.456 e. The van der Waals surface area contributed by atoms with E-state index in [0.717, 1.165) is 39.0 Å². The molecule has 0 saturated heterocycles. The maximum absolute atomic E-state index is 6.42. The Balaban J connectivity index is 1.13. The van der Waals surface area contributed by atoms with E-state index in [4.69, 9.17) is 4.42 Å². The second kappa shape index (κ2) is 11.9. The second-order valence-electron chi connectivity index (χ2n) is 13.7. The maximum Gasteiger partial charge on any atom is 0.137 e. The summed E-state index contributed by atoms with van der Waals surface area (Å²) >= 11 is 1.86. The van der Waals surface area contributed by atoms with Crippen LogP contribution in [0.15, 0.2) is 192 Å². The molecular weight excluding hydrogens is 663 g/mol.